The minimum absolute atomic E-state index is 0.00885. The SMILES string of the molecule is CCC(C)N=C1OC(C)C(=O)N1CC. The predicted octanol–water partition coefficient (Wildman–Crippen LogP) is 1.41. The van der Waals surface area contributed by atoms with Crippen LogP contribution < -0.4 is 0 Å². The van der Waals surface area contributed by atoms with Crippen molar-refractivity contribution in [3.05, 3.63) is 0 Å². The summed E-state index contributed by atoms with van der Waals surface area (Å²) < 4.78 is 5.38. The fraction of sp³-hybridized carbons (Fsp3) is 0.800. The van der Waals surface area contributed by atoms with Crippen molar-refractivity contribution in [2.75, 3.05) is 6.54 Å². The number of hydrogen-bond donors (Lipinski definition) is 0. The monoisotopic (exact) mass is 198 g/mol. The fourth-order valence-corrected chi connectivity index (χ4v) is 1.26. The molecular weight excluding hydrogens is 180 g/mol. The summed E-state index contributed by atoms with van der Waals surface area (Å²) in [6.07, 6.45) is 0.574. The van der Waals surface area contributed by atoms with E-state index >= 15 is 0 Å². The topological polar surface area (TPSA) is 41.9 Å². The fourth-order valence-electron chi connectivity index (χ4n) is 1.26. The summed E-state index contributed by atoms with van der Waals surface area (Å²) in [6.45, 7) is 8.37. The predicted molar refractivity (Wildman–Crippen MR) is 55.1 cm³/mol. The molecule has 0 spiro atoms. The van der Waals surface area contributed by atoms with Gasteiger partial charge in [0.05, 0.1) is 6.04 Å². The zero-order chi connectivity index (χ0) is 10.7. The quantitative estimate of drug-likeness (QED) is 0.688. The minimum Gasteiger partial charge on any atom is -0.452 e. The van der Waals surface area contributed by atoms with Crippen molar-refractivity contribution >= 4 is 11.9 Å². The number of rotatable bonds is 3. The van der Waals surface area contributed by atoms with Gasteiger partial charge in [0.25, 0.3) is 11.9 Å². The molecule has 0 aliphatic carbocycles. The van der Waals surface area contributed by atoms with Crippen LogP contribution in [0.3, 0.4) is 0 Å². The van der Waals surface area contributed by atoms with Gasteiger partial charge in [-0.2, -0.15) is 0 Å². The molecule has 1 aliphatic heterocycles. The Labute approximate surface area is 84.9 Å². The van der Waals surface area contributed by atoms with Crippen LogP contribution >= 0.6 is 0 Å². The summed E-state index contributed by atoms with van der Waals surface area (Å²) in [5, 5.41) is 0. The molecule has 2 atom stereocenters. The number of ether oxygens (including phenoxy) is 1. The molecule has 0 radical (unpaired) electrons. The van der Waals surface area contributed by atoms with Crippen LogP contribution in [0.2, 0.25) is 0 Å². The van der Waals surface area contributed by atoms with E-state index in [1.807, 2.05) is 13.8 Å². The van der Waals surface area contributed by atoms with Gasteiger partial charge in [0, 0.05) is 6.54 Å². The van der Waals surface area contributed by atoms with Crippen molar-refractivity contribution in [3.63, 3.8) is 0 Å². The molecule has 1 amide bonds. The molecule has 0 aromatic carbocycles. The van der Waals surface area contributed by atoms with Gasteiger partial charge in [0.15, 0.2) is 6.10 Å². The largest absolute Gasteiger partial charge is 0.452 e. The van der Waals surface area contributed by atoms with E-state index in [2.05, 4.69) is 11.9 Å². The highest BCUT2D eigenvalue weighted by atomic mass is 16.5. The van der Waals surface area contributed by atoms with E-state index in [4.69, 9.17) is 4.74 Å². The summed E-state index contributed by atoms with van der Waals surface area (Å²) in [4.78, 5) is 17.5. The second-order valence-corrected chi connectivity index (χ2v) is 3.51. The molecule has 0 aromatic rings. The van der Waals surface area contributed by atoms with E-state index in [0.717, 1.165) is 6.42 Å². The molecule has 0 bridgehead atoms. The summed E-state index contributed by atoms with van der Waals surface area (Å²) >= 11 is 0. The maximum Gasteiger partial charge on any atom is 0.295 e. The zero-order valence-corrected chi connectivity index (χ0v) is 9.28. The summed E-state index contributed by atoms with van der Waals surface area (Å²) in [6, 6.07) is 0.691. The summed E-state index contributed by atoms with van der Waals surface area (Å²) in [5.41, 5.74) is 0. The molecule has 1 aliphatic rings. The van der Waals surface area contributed by atoms with E-state index < -0.39 is 0 Å². The Morgan fingerprint density at radius 3 is 2.71 bits per heavy atom. The first-order valence-electron chi connectivity index (χ1n) is 5.16. The number of hydrogen-bond acceptors (Lipinski definition) is 3. The molecule has 0 aromatic heterocycles. The van der Waals surface area contributed by atoms with Gasteiger partial charge in [-0.15, -0.1) is 0 Å². The van der Waals surface area contributed by atoms with Gasteiger partial charge in [-0.1, -0.05) is 6.92 Å². The molecule has 0 N–H and O–H groups in total. The lowest BCUT2D eigenvalue weighted by atomic mass is 10.3. The van der Waals surface area contributed by atoms with Crippen LogP contribution in [-0.2, 0) is 9.53 Å². The molecular formula is C10H18N2O2. The van der Waals surface area contributed by atoms with Gasteiger partial charge >= 0.3 is 0 Å². The maximum atomic E-state index is 11.5. The number of carbonyl (C=O) groups is 1. The van der Waals surface area contributed by atoms with Crippen LogP contribution in [0.4, 0.5) is 0 Å². The van der Waals surface area contributed by atoms with Crippen LogP contribution in [0.15, 0.2) is 4.99 Å². The highest BCUT2D eigenvalue weighted by Gasteiger charge is 2.34. The zero-order valence-electron chi connectivity index (χ0n) is 9.28. The summed E-state index contributed by atoms with van der Waals surface area (Å²) in [7, 11) is 0. The maximum absolute atomic E-state index is 11.5. The lowest BCUT2D eigenvalue weighted by Crippen LogP contribution is -2.31. The van der Waals surface area contributed by atoms with Gasteiger partial charge in [-0.05, 0) is 27.2 Å². The average Bonchev–Trinajstić information content (AvgIpc) is 2.42. The van der Waals surface area contributed by atoms with Gasteiger partial charge in [-0.25, -0.2) is 4.99 Å². The van der Waals surface area contributed by atoms with Crippen molar-refractivity contribution < 1.29 is 9.53 Å². The highest BCUT2D eigenvalue weighted by Crippen LogP contribution is 2.13. The highest BCUT2D eigenvalue weighted by molar-refractivity contribution is 6.01. The molecule has 80 valence electrons. The first-order chi connectivity index (χ1) is 6.60. The normalized spacial score (nSPS) is 26.9. The van der Waals surface area contributed by atoms with Crippen LogP contribution in [0.5, 0.6) is 0 Å². The van der Waals surface area contributed by atoms with Crippen LogP contribution in [0.1, 0.15) is 34.1 Å². The van der Waals surface area contributed by atoms with Crippen molar-refractivity contribution in [1.29, 1.82) is 0 Å². The molecule has 14 heavy (non-hydrogen) atoms. The molecule has 0 saturated carbocycles. The Hall–Kier alpha value is -1.06. The van der Waals surface area contributed by atoms with Crippen LogP contribution in [0, 0.1) is 0 Å². The van der Waals surface area contributed by atoms with Crippen molar-refractivity contribution in [2.24, 2.45) is 4.99 Å². The molecule has 1 heterocycles. The van der Waals surface area contributed by atoms with E-state index in [1.165, 1.54) is 0 Å². The van der Waals surface area contributed by atoms with Crippen LogP contribution in [-0.4, -0.2) is 35.5 Å². The molecule has 2 unspecified atom stereocenters. The molecule has 4 nitrogen and oxygen atoms in total. The van der Waals surface area contributed by atoms with Crippen molar-refractivity contribution in [3.8, 4) is 0 Å². The van der Waals surface area contributed by atoms with Gasteiger partial charge in [0.1, 0.15) is 0 Å². The first kappa shape index (κ1) is 11.0. The lowest BCUT2D eigenvalue weighted by molar-refractivity contribution is -0.128. The van der Waals surface area contributed by atoms with Gasteiger partial charge in [-0.3, -0.25) is 9.69 Å². The van der Waals surface area contributed by atoms with E-state index in [1.54, 1.807) is 11.8 Å². The number of amidine groups is 1. The first-order valence-corrected chi connectivity index (χ1v) is 5.16. The average molecular weight is 198 g/mol. The molecule has 1 rings (SSSR count). The number of likely N-dealkylation sites (N-methyl/N-ethyl adjacent to an activating group) is 1. The number of amides is 1. The summed E-state index contributed by atoms with van der Waals surface area (Å²) in [5.74, 6) is 0.00885. The molecule has 1 saturated heterocycles. The number of aliphatic imine (C=N–C) groups is 1. The second-order valence-electron chi connectivity index (χ2n) is 3.51. The Balaban J connectivity index is 2.79. The number of nitrogens with zero attached hydrogens (tertiary/aromatic N) is 2. The lowest BCUT2D eigenvalue weighted by Gasteiger charge is -2.12. The van der Waals surface area contributed by atoms with Crippen molar-refractivity contribution in [2.45, 2.75) is 46.3 Å². The minimum atomic E-state index is -0.377. The third-order valence-corrected chi connectivity index (χ3v) is 2.36. The van der Waals surface area contributed by atoms with E-state index in [9.17, 15) is 4.79 Å². The van der Waals surface area contributed by atoms with Crippen molar-refractivity contribution in [1.82, 2.24) is 4.90 Å². The third kappa shape index (κ3) is 2.05. The standard InChI is InChI=1S/C10H18N2O2/c1-5-7(3)11-10-12(6-2)9(13)8(4)14-10/h7-8H,5-6H2,1-4H3. The van der Waals surface area contributed by atoms with Crippen LogP contribution in [0.25, 0.3) is 0 Å². The smallest absolute Gasteiger partial charge is 0.295 e. The Morgan fingerprint density at radius 2 is 2.21 bits per heavy atom. The molecule has 4 heteroatoms. The number of carbonyl (C=O) groups excluding carboxylic acids is 1. The molecule has 1 fully saturated rings. The Kier molecular flexibility index (Phi) is 3.49. The third-order valence-electron chi connectivity index (χ3n) is 2.36. The van der Waals surface area contributed by atoms with E-state index in [-0.39, 0.29) is 18.1 Å². The van der Waals surface area contributed by atoms with Gasteiger partial charge in [0.2, 0.25) is 0 Å². The Bertz CT molecular complexity index is 251. The Morgan fingerprint density at radius 1 is 1.57 bits per heavy atom. The van der Waals surface area contributed by atoms with E-state index in [0.29, 0.717) is 12.6 Å². The van der Waals surface area contributed by atoms with Gasteiger partial charge < -0.3 is 4.74 Å². The second kappa shape index (κ2) is 4.44.